The normalized spacial score (nSPS) is 22.7. The van der Waals surface area contributed by atoms with E-state index in [1.165, 1.54) is 31.4 Å². The van der Waals surface area contributed by atoms with Crippen LogP contribution in [0.5, 0.6) is 0 Å². The van der Waals surface area contributed by atoms with Gasteiger partial charge in [-0.1, -0.05) is 6.92 Å². The van der Waals surface area contributed by atoms with Gasteiger partial charge in [-0.2, -0.15) is 0 Å². The molecular weight excluding hydrogens is 366 g/mol. The molecule has 8 heteroatoms. The first kappa shape index (κ1) is 20.1. The van der Waals surface area contributed by atoms with E-state index in [9.17, 15) is 18.5 Å². The molecule has 2 fully saturated rings. The molecule has 0 N–H and O–H groups in total. The lowest BCUT2D eigenvalue weighted by atomic mass is 9.94. The highest BCUT2D eigenvalue weighted by Gasteiger charge is 2.27. The monoisotopic (exact) mass is 395 g/mol. The van der Waals surface area contributed by atoms with E-state index < -0.39 is 14.8 Å². The van der Waals surface area contributed by atoms with Gasteiger partial charge >= 0.3 is 0 Å². The Morgan fingerprint density at radius 2 is 1.89 bits per heavy atom. The van der Waals surface area contributed by atoms with Crippen molar-refractivity contribution in [3.05, 3.63) is 28.3 Å². The zero-order valence-corrected chi connectivity index (χ0v) is 17.0. The molecule has 2 aliphatic heterocycles. The minimum atomic E-state index is -3.66. The lowest BCUT2D eigenvalue weighted by Crippen LogP contribution is -2.43. The van der Waals surface area contributed by atoms with Crippen molar-refractivity contribution in [3.63, 3.8) is 0 Å². The Hall–Kier alpha value is -1.67. The Balaban J connectivity index is 1.73. The van der Waals surface area contributed by atoms with Gasteiger partial charge in [-0.3, -0.25) is 10.1 Å². The van der Waals surface area contributed by atoms with Crippen molar-refractivity contribution < 1.29 is 13.3 Å². The molecule has 7 nitrogen and oxygen atoms in total. The zero-order valence-electron chi connectivity index (χ0n) is 16.1. The molecule has 0 bridgehead atoms. The summed E-state index contributed by atoms with van der Waals surface area (Å²) >= 11 is 0. The van der Waals surface area contributed by atoms with Crippen LogP contribution in [0.25, 0.3) is 0 Å². The van der Waals surface area contributed by atoms with E-state index in [1.54, 1.807) is 6.07 Å². The number of piperidine rings is 2. The quantitative estimate of drug-likeness (QED) is 0.563. The summed E-state index contributed by atoms with van der Waals surface area (Å²) < 4.78 is 24.0. The first-order valence-corrected chi connectivity index (χ1v) is 11.6. The van der Waals surface area contributed by atoms with Crippen LogP contribution in [0, 0.1) is 22.0 Å². The molecule has 0 amide bonds. The van der Waals surface area contributed by atoms with Crippen LogP contribution in [0.1, 0.15) is 32.6 Å². The van der Waals surface area contributed by atoms with Crippen LogP contribution in [0.4, 0.5) is 11.4 Å². The summed E-state index contributed by atoms with van der Waals surface area (Å²) in [5, 5.41) is 11.2. The van der Waals surface area contributed by atoms with Gasteiger partial charge in [0, 0.05) is 37.6 Å². The van der Waals surface area contributed by atoms with E-state index in [0.29, 0.717) is 5.92 Å². The van der Waals surface area contributed by atoms with Gasteiger partial charge in [0.1, 0.15) is 4.90 Å². The molecule has 0 spiro atoms. The van der Waals surface area contributed by atoms with Gasteiger partial charge in [-0.05, 0) is 62.7 Å². The molecule has 0 radical (unpaired) electrons. The highest BCUT2D eigenvalue weighted by molar-refractivity contribution is 7.90. The second-order valence-electron chi connectivity index (χ2n) is 8.12. The number of nitrogens with zero attached hydrogens (tertiary/aromatic N) is 3. The lowest BCUT2D eigenvalue weighted by Gasteiger charge is -2.38. The summed E-state index contributed by atoms with van der Waals surface area (Å²) in [6, 6.07) is 4.47. The van der Waals surface area contributed by atoms with Crippen molar-refractivity contribution in [1.82, 2.24) is 4.90 Å². The Bertz CT molecular complexity index is 788. The molecule has 3 rings (SSSR count). The molecule has 150 valence electrons. The molecule has 2 heterocycles. The number of benzene rings is 1. The molecule has 0 aliphatic carbocycles. The molecule has 2 aliphatic rings. The predicted octanol–water partition coefficient (Wildman–Crippen LogP) is 2.95. The number of nitro benzene ring substituents is 1. The van der Waals surface area contributed by atoms with Gasteiger partial charge in [-0.25, -0.2) is 8.42 Å². The van der Waals surface area contributed by atoms with Crippen LogP contribution in [0.3, 0.4) is 0 Å². The first-order chi connectivity index (χ1) is 12.7. The second kappa shape index (κ2) is 8.14. The standard InChI is InChI=1S/C19H29N3O4S/c1-15-7-10-20(11-8-15)13-16-4-3-9-21(14-16)17-5-6-18(22(23)24)19(12-17)27(2,25)26/h5-6,12,15-16H,3-4,7-11,13-14H2,1-2H3. The van der Waals surface area contributed by atoms with E-state index in [-0.39, 0.29) is 10.6 Å². The molecule has 0 saturated carbocycles. The van der Waals surface area contributed by atoms with Gasteiger partial charge in [0.15, 0.2) is 9.84 Å². The maximum absolute atomic E-state index is 12.0. The third kappa shape index (κ3) is 4.99. The Labute approximate surface area is 161 Å². The van der Waals surface area contributed by atoms with Crippen LogP contribution >= 0.6 is 0 Å². The lowest BCUT2D eigenvalue weighted by molar-refractivity contribution is -0.387. The average molecular weight is 396 g/mol. The highest BCUT2D eigenvalue weighted by Crippen LogP contribution is 2.31. The van der Waals surface area contributed by atoms with Crippen molar-refractivity contribution in [2.75, 3.05) is 43.9 Å². The summed E-state index contributed by atoms with van der Waals surface area (Å²) in [6.07, 6.45) is 5.77. The number of nitro groups is 1. The minimum Gasteiger partial charge on any atom is -0.371 e. The van der Waals surface area contributed by atoms with Crippen molar-refractivity contribution in [1.29, 1.82) is 0 Å². The van der Waals surface area contributed by atoms with Gasteiger partial charge in [0.2, 0.25) is 0 Å². The summed E-state index contributed by atoms with van der Waals surface area (Å²) in [5.74, 6) is 1.36. The molecule has 1 atom stereocenters. The van der Waals surface area contributed by atoms with Gasteiger partial charge in [0.05, 0.1) is 4.92 Å². The van der Waals surface area contributed by atoms with Crippen molar-refractivity contribution in [2.24, 2.45) is 11.8 Å². The maximum atomic E-state index is 12.0. The number of likely N-dealkylation sites (tertiary alicyclic amines) is 1. The number of hydrogen-bond acceptors (Lipinski definition) is 6. The second-order valence-corrected chi connectivity index (χ2v) is 10.1. The molecule has 27 heavy (non-hydrogen) atoms. The highest BCUT2D eigenvalue weighted by atomic mass is 32.2. The SMILES string of the molecule is CC1CCN(CC2CCCN(c3ccc([N+](=O)[O-])c(S(C)(=O)=O)c3)C2)CC1. The van der Waals surface area contributed by atoms with E-state index >= 15 is 0 Å². The molecule has 2 saturated heterocycles. The van der Waals surface area contributed by atoms with Crippen LogP contribution in [-0.2, 0) is 9.84 Å². The zero-order chi connectivity index (χ0) is 19.6. The van der Waals surface area contributed by atoms with Crippen LogP contribution in [-0.4, -0.2) is 57.2 Å². The Morgan fingerprint density at radius 1 is 1.19 bits per heavy atom. The van der Waals surface area contributed by atoms with E-state index in [1.807, 2.05) is 0 Å². The maximum Gasteiger partial charge on any atom is 0.288 e. The van der Waals surface area contributed by atoms with E-state index in [0.717, 1.165) is 57.0 Å². The summed E-state index contributed by atoms with van der Waals surface area (Å²) in [5.41, 5.74) is 0.412. The van der Waals surface area contributed by atoms with Gasteiger partial charge < -0.3 is 9.80 Å². The van der Waals surface area contributed by atoms with Crippen LogP contribution < -0.4 is 4.90 Å². The first-order valence-electron chi connectivity index (χ1n) is 9.70. The van der Waals surface area contributed by atoms with Crippen molar-refractivity contribution in [3.8, 4) is 0 Å². The molecular formula is C19H29N3O4S. The van der Waals surface area contributed by atoms with Crippen LogP contribution in [0.2, 0.25) is 0 Å². The Morgan fingerprint density at radius 3 is 2.52 bits per heavy atom. The van der Waals surface area contributed by atoms with Crippen molar-refractivity contribution in [2.45, 2.75) is 37.5 Å². The molecule has 1 aromatic carbocycles. The van der Waals surface area contributed by atoms with Gasteiger partial charge in [-0.15, -0.1) is 0 Å². The van der Waals surface area contributed by atoms with Gasteiger partial charge in [0.25, 0.3) is 5.69 Å². The van der Waals surface area contributed by atoms with E-state index in [2.05, 4.69) is 16.7 Å². The summed E-state index contributed by atoms with van der Waals surface area (Å²) in [4.78, 5) is 15.1. The average Bonchev–Trinajstić information content (AvgIpc) is 2.62. The number of sulfone groups is 1. The Kier molecular flexibility index (Phi) is 6.05. The number of rotatable bonds is 5. The minimum absolute atomic E-state index is 0.197. The van der Waals surface area contributed by atoms with E-state index in [4.69, 9.17) is 0 Å². The molecule has 1 unspecified atom stereocenters. The third-order valence-electron chi connectivity index (χ3n) is 5.82. The van der Waals surface area contributed by atoms with Crippen molar-refractivity contribution >= 4 is 21.2 Å². The number of hydrogen-bond donors (Lipinski definition) is 0. The molecule has 1 aromatic rings. The smallest absolute Gasteiger partial charge is 0.288 e. The topological polar surface area (TPSA) is 83.8 Å². The molecule has 0 aromatic heterocycles. The fraction of sp³-hybridized carbons (Fsp3) is 0.684. The number of anilines is 1. The predicted molar refractivity (Wildman–Crippen MR) is 106 cm³/mol. The summed E-state index contributed by atoms with van der Waals surface area (Å²) in [6.45, 7) is 7.44. The van der Waals surface area contributed by atoms with Crippen LogP contribution in [0.15, 0.2) is 23.1 Å². The third-order valence-corrected chi connectivity index (χ3v) is 6.94. The fourth-order valence-electron chi connectivity index (χ4n) is 4.21. The fourth-order valence-corrected chi connectivity index (χ4v) is 5.06. The largest absolute Gasteiger partial charge is 0.371 e. The summed E-state index contributed by atoms with van der Waals surface area (Å²) in [7, 11) is -3.66.